The first-order chi connectivity index (χ1) is 10.5. The minimum absolute atomic E-state index is 0.0880. The number of hydrogen-bond donors (Lipinski definition) is 1. The second kappa shape index (κ2) is 6.56. The maximum atomic E-state index is 12.4. The number of pyridine rings is 1. The van der Waals surface area contributed by atoms with Gasteiger partial charge in [-0.3, -0.25) is 9.78 Å². The van der Waals surface area contributed by atoms with Gasteiger partial charge in [-0.05, 0) is 39.8 Å². The fourth-order valence-corrected chi connectivity index (χ4v) is 2.78. The van der Waals surface area contributed by atoms with Crippen LogP contribution in [0.2, 0.25) is 0 Å². The number of nitrogens with zero attached hydrogens (tertiary/aromatic N) is 1. The molecule has 1 aromatic heterocycles. The third-order valence-electron chi connectivity index (χ3n) is 3.62. The van der Waals surface area contributed by atoms with Gasteiger partial charge in [-0.2, -0.15) is 0 Å². The molecule has 1 aliphatic heterocycles. The van der Waals surface area contributed by atoms with Gasteiger partial charge in [-0.1, -0.05) is 6.07 Å². The van der Waals surface area contributed by atoms with Crippen molar-refractivity contribution in [1.29, 1.82) is 0 Å². The molecule has 1 N–H and O–H groups in total. The van der Waals surface area contributed by atoms with Crippen molar-refractivity contribution in [2.75, 3.05) is 6.61 Å². The summed E-state index contributed by atoms with van der Waals surface area (Å²) in [5.41, 5.74) is 3.09. The molecule has 0 amide bonds. The summed E-state index contributed by atoms with van der Waals surface area (Å²) in [5, 5.41) is 3.11. The van der Waals surface area contributed by atoms with E-state index in [0.717, 1.165) is 5.70 Å². The highest BCUT2D eigenvalue weighted by Crippen LogP contribution is 2.37. The molecule has 0 saturated heterocycles. The minimum atomic E-state index is -0.501. The first kappa shape index (κ1) is 15.9. The van der Waals surface area contributed by atoms with Crippen LogP contribution in [0, 0.1) is 0 Å². The fourth-order valence-electron chi connectivity index (χ4n) is 2.78. The first-order valence-corrected chi connectivity index (χ1v) is 7.24. The highest BCUT2D eigenvalue weighted by molar-refractivity contribution is 6.01. The molecule has 22 heavy (non-hydrogen) atoms. The van der Waals surface area contributed by atoms with Crippen LogP contribution in [-0.2, 0) is 14.3 Å². The van der Waals surface area contributed by atoms with E-state index in [1.807, 2.05) is 26.0 Å². The molecule has 2 rings (SSSR count). The molecule has 2 heterocycles. The van der Waals surface area contributed by atoms with Gasteiger partial charge in [0.15, 0.2) is 5.78 Å². The van der Waals surface area contributed by atoms with Crippen molar-refractivity contribution < 1.29 is 14.3 Å². The molecule has 1 atom stereocenters. The van der Waals surface area contributed by atoms with E-state index in [4.69, 9.17) is 4.74 Å². The van der Waals surface area contributed by atoms with Crippen molar-refractivity contribution in [3.8, 4) is 0 Å². The first-order valence-electron chi connectivity index (χ1n) is 7.24. The van der Waals surface area contributed by atoms with E-state index in [9.17, 15) is 9.59 Å². The second-order valence-electron chi connectivity index (χ2n) is 5.17. The molecule has 0 saturated carbocycles. The molecule has 0 fully saturated rings. The number of allylic oxidation sites excluding steroid dienone is 3. The number of Topliss-reactive ketones (excluding diaryl/α,β-unsaturated/α-hetero) is 1. The maximum Gasteiger partial charge on any atom is 0.336 e. The van der Waals surface area contributed by atoms with Crippen molar-refractivity contribution in [2.24, 2.45) is 0 Å². The number of carbonyl (C=O) groups is 2. The lowest BCUT2D eigenvalue weighted by molar-refractivity contribution is -0.138. The van der Waals surface area contributed by atoms with Gasteiger partial charge in [0, 0.05) is 23.2 Å². The molecule has 0 radical (unpaired) electrons. The zero-order valence-corrected chi connectivity index (χ0v) is 13.3. The lowest BCUT2D eigenvalue weighted by Gasteiger charge is -2.29. The highest BCUT2D eigenvalue weighted by atomic mass is 16.5. The van der Waals surface area contributed by atoms with E-state index in [1.54, 1.807) is 19.2 Å². The average molecular weight is 300 g/mol. The van der Waals surface area contributed by atoms with Crippen molar-refractivity contribution in [3.63, 3.8) is 0 Å². The fraction of sp³-hybridized carbons (Fsp3) is 0.353. The van der Waals surface area contributed by atoms with Crippen molar-refractivity contribution in [3.05, 3.63) is 52.6 Å². The number of ether oxygens (including phenoxy) is 1. The Morgan fingerprint density at radius 3 is 2.45 bits per heavy atom. The molecule has 1 aromatic rings. The van der Waals surface area contributed by atoms with Crippen LogP contribution < -0.4 is 5.32 Å². The number of esters is 1. The van der Waals surface area contributed by atoms with Crippen LogP contribution in [0.25, 0.3) is 0 Å². The van der Waals surface area contributed by atoms with Crippen LogP contribution in [0.1, 0.15) is 39.3 Å². The monoisotopic (exact) mass is 300 g/mol. The molecule has 5 heteroatoms. The molecule has 116 valence electrons. The molecular formula is C17H20N2O3. The quantitative estimate of drug-likeness (QED) is 0.865. The van der Waals surface area contributed by atoms with E-state index in [-0.39, 0.29) is 12.4 Å². The van der Waals surface area contributed by atoms with E-state index in [2.05, 4.69) is 10.3 Å². The van der Waals surface area contributed by atoms with Crippen molar-refractivity contribution in [1.82, 2.24) is 10.3 Å². The summed E-state index contributed by atoms with van der Waals surface area (Å²) in [6.07, 6.45) is 1.66. The maximum absolute atomic E-state index is 12.4. The number of nitrogens with one attached hydrogen (secondary N) is 1. The third kappa shape index (κ3) is 2.93. The van der Waals surface area contributed by atoms with Gasteiger partial charge in [-0.25, -0.2) is 4.79 Å². The summed E-state index contributed by atoms with van der Waals surface area (Å²) in [4.78, 5) is 28.9. The summed E-state index contributed by atoms with van der Waals surface area (Å²) < 4.78 is 5.17. The highest BCUT2D eigenvalue weighted by Gasteiger charge is 2.36. The van der Waals surface area contributed by atoms with Gasteiger partial charge in [0.1, 0.15) is 0 Å². The van der Waals surface area contributed by atoms with Crippen LogP contribution >= 0.6 is 0 Å². The lowest BCUT2D eigenvalue weighted by Crippen LogP contribution is -2.31. The number of rotatable bonds is 4. The Bertz CT molecular complexity index is 660. The van der Waals surface area contributed by atoms with E-state index < -0.39 is 11.9 Å². The Balaban J connectivity index is 2.62. The van der Waals surface area contributed by atoms with Gasteiger partial charge >= 0.3 is 5.97 Å². The summed E-state index contributed by atoms with van der Waals surface area (Å²) in [7, 11) is 0. The molecule has 0 bridgehead atoms. The van der Waals surface area contributed by atoms with E-state index in [0.29, 0.717) is 22.5 Å². The van der Waals surface area contributed by atoms with Gasteiger partial charge in [-0.15, -0.1) is 0 Å². The van der Waals surface area contributed by atoms with Crippen molar-refractivity contribution in [2.45, 2.75) is 33.6 Å². The SMILES string of the molecule is CCOC(=O)C1=C(C)NC(C)=C(C(C)=O)C1c1ccccn1. The van der Waals surface area contributed by atoms with Crippen LogP contribution in [0.3, 0.4) is 0 Å². The molecule has 0 aromatic carbocycles. The van der Waals surface area contributed by atoms with E-state index in [1.165, 1.54) is 6.92 Å². The predicted molar refractivity (Wildman–Crippen MR) is 82.8 cm³/mol. The summed E-state index contributed by atoms with van der Waals surface area (Å²) in [6.45, 7) is 7.18. The smallest absolute Gasteiger partial charge is 0.336 e. The Hall–Kier alpha value is -2.43. The number of hydrogen-bond acceptors (Lipinski definition) is 5. The predicted octanol–water partition coefficient (Wildman–Crippen LogP) is 2.47. The number of carbonyl (C=O) groups excluding carboxylic acids is 2. The summed E-state index contributed by atoms with van der Waals surface area (Å²) in [5.74, 6) is -1.01. The van der Waals surface area contributed by atoms with Gasteiger partial charge in [0.25, 0.3) is 0 Å². The van der Waals surface area contributed by atoms with Gasteiger partial charge in [0.05, 0.1) is 23.8 Å². The second-order valence-corrected chi connectivity index (χ2v) is 5.17. The zero-order chi connectivity index (χ0) is 16.3. The number of dihydropyridines is 1. The Labute approximate surface area is 130 Å². The summed E-state index contributed by atoms with van der Waals surface area (Å²) in [6, 6.07) is 5.46. The van der Waals surface area contributed by atoms with Crippen LogP contribution in [0.15, 0.2) is 46.9 Å². The Morgan fingerprint density at radius 2 is 1.91 bits per heavy atom. The van der Waals surface area contributed by atoms with Crippen LogP contribution in [0.5, 0.6) is 0 Å². The molecule has 0 aliphatic carbocycles. The minimum Gasteiger partial charge on any atom is -0.463 e. The largest absolute Gasteiger partial charge is 0.463 e. The third-order valence-corrected chi connectivity index (χ3v) is 3.62. The van der Waals surface area contributed by atoms with Crippen molar-refractivity contribution >= 4 is 11.8 Å². The average Bonchev–Trinajstić information content (AvgIpc) is 2.47. The number of ketones is 1. The Morgan fingerprint density at radius 1 is 1.23 bits per heavy atom. The zero-order valence-electron chi connectivity index (χ0n) is 13.3. The normalized spacial score (nSPS) is 18.1. The molecule has 5 nitrogen and oxygen atoms in total. The molecule has 1 unspecified atom stereocenters. The lowest BCUT2D eigenvalue weighted by atomic mass is 9.81. The van der Waals surface area contributed by atoms with Crippen LogP contribution in [-0.4, -0.2) is 23.3 Å². The van der Waals surface area contributed by atoms with Gasteiger partial charge in [0.2, 0.25) is 0 Å². The standard InChI is InChI=1S/C17H20N2O3/c1-5-22-17(21)15-11(3)19-10(2)14(12(4)20)16(15)13-8-6-7-9-18-13/h6-9,16,19H,5H2,1-4H3. The van der Waals surface area contributed by atoms with Crippen LogP contribution in [0.4, 0.5) is 0 Å². The van der Waals surface area contributed by atoms with Gasteiger partial charge < -0.3 is 10.1 Å². The molecular weight excluding hydrogens is 280 g/mol. The topological polar surface area (TPSA) is 68.3 Å². The summed E-state index contributed by atoms with van der Waals surface area (Å²) >= 11 is 0. The molecule has 0 spiro atoms. The number of aromatic nitrogens is 1. The molecule has 1 aliphatic rings. The Kier molecular flexibility index (Phi) is 4.75. The van der Waals surface area contributed by atoms with E-state index >= 15 is 0 Å².